The number of aromatic nitrogens is 4. The van der Waals surface area contributed by atoms with Crippen molar-refractivity contribution in [1.29, 1.82) is 10.5 Å². The second-order valence-electron chi connectivity index (χ2n) is 7.79. The quantitative estimate of drug-likeness (QED) is 0.408. The Labute approximate surface area is 205 Å². The Bertz CT molecular complexity index is 1720. The minimum absolute atomic E-state index is 0.0158. The molecule has 0 fully saturated rings. The number of benzene rings is 2. The summed E-state index contributed by atoms with van der Waals surface area (Å²) in [4.78, 5) is 24.7. The first-order valence-corrected chi connectivity index (χ1v) is 10.3. The van der Waals surface area contributed by atoms with Gasteiger partial charge in [-0.3, -0.25) is 9.36 Å². The molecule has 0 saturated carbocycles. The number of halogens is 4. The van der Waals surface area contributed by atoms with Crippen molar-refractivity contribution in [3.05, 3.63) is 97.8 Å². The van der Waals surface area contributed by atoms with E-state index in [4.69, 9.17) is 10.00 Å². The van der Waals surface area contributed by atoms with Crippen LogP contribution < -0.4 is 16.0 Å². The number of hydrogen-bond donors (Lipinski definition) is 1. The molecule has 4 rings (SSSR count). The molecule has 0 radical (unpaired) electrons. The van der Waals surface area contributed by atoms with Crippen molar-refractivity contribution >= 4 is 0 Å². The Balaban J connectivity index is 1.84. The van der Waals surface area contributed by atoms with E-state index in [2.05, 4.69) is 10.2 Å². The maximum atomic E-state index is 14.0. The van der Waals surface area contributed by atoms with Crippen molar-refractivity contribution in [1.82, 2.24) is 19.3 Å². The molecule has 2 heterocycles. The SMILES string of the molecule is Cn1c(Cn2ccc(C(F)(F)F)c(Oc3cc(C#N)cc(-c4cc(F)cc(C#N)c4)c3)c2=O)n[nH]c1=O. The third kappa shape index (κ3) is 5.11. The number of ether oxygens (including phenoxy) is 1. The van der Waals surface area contributed by atoms with Crippen LogP contribution in [-0.4, -0.2) is 19.3 Å². The molecule has 186 valence electrons. The van der Waals surface area contributed by atoms with Crippen LogP contribution in [0.4, 0.5) is 17.6 Å². The van der Waals surface area contributed by atoms with E-state index in [1.165, 1.54) is 25.2 Å². The second-order valence-corrected chi connectivity index (χ2v) is 7.79. The molecule has 37 heavy (non-hydrogen) atoms. The Morgan fingerprint density at radius 1 is 1.03 bits per heavy atom. The summed E-state index contributed by atoms with van der Waals surface area (Å²) in [5.74, 6) is -2.04. The number of rotatable bonds is 5. The maximum absolute atomic E-state index is 14.0. The Hall–Kier alpha value is -5.17. The Morgan fingerprint density at radius 3 is 2.27 bits per heavy atom. The first kappa shape index (κ1) is 24.9. The number of nitriles is 2. The summed E-state index contributed by atoms with van der Waals surface area (Å²) < 4.78 is 62.6. The highest BCUT2D eigenvalue weighted by molar-refractivity contribution is 5.69. The lowest BCUT2D eigenvalue weighted by atomic mass is 10.0. The lowest BCUT2D eigenvalue weighted by Crippen LogP contribution is -2.26. The van der Waals surface area contributed by atoms with E-state index in [0.717, 1.165) is 33.5 Å². The highest BCUT2D eigenvalue weighted by Gasteiger charge is 2.36. The highest BCUT2D eigenvalue weighted by Crippen LogP contribution is 2.37. The van der Waals surface area contributed by atoms with Crippen molar-refractivity contribution < 1.29 is 22.3 Å². The molecule has 4 aromatic rings. The van der Waals surface area contributed by atoms with Crippen LogP contribution >= 0.6 is 0 Å². The molecule has 2 aromatic carbocycles. The fraction of sp³-hybridized carbons (Fsp3) is 0.125. The van der Waals surface area contributed by atoms with Crippen molar-refractivity contribution in [3.63, 3.8) is 0 Å². The van der Waals surface area contributed by atoms with Crippen molar-refractivity contribution in [2.45, 2.75) is 12.7 Å². The molecule has 0 aliphatic carbocycles. The Morgan fingerprint density at radius 2 is 1.68 bits per heavy atom. The highest BCUT2D eigenvalue weighted by atomic mass is 19.4. The van der Waals surface area contributed by atoms with Gasteiger partial charge in [-0.2, -0.15) is 28.8 Å². The van der Waals surface area contributed by atoms with Crippen LogP contribution in [-0.2, 0) is 19.8 Å². The number of alkyl halides is 3. The van der Waals surface area contributed by atoms with Gasteiger partial charge in [0.05, 0.1) is 29.8 Å². The number of aromatic amines is 1. The molecule has 0 saturated heterocycles. The van der Waals surface area contributed by atoms with Gasteiger partial charge in [-0.15, -0.1) is 0 Å². The summed E-state index contributed by atoms with van der Waals surface area (Å²) in [5.41, 5.74) is -2.85. The van der Waals surface area contributed by atoms with Gasteiger partial charge in [0, 0.05) is 13.2 Å². The molecule has 9 nitrogen and oxygen atoms in total. The van der Waals surface area contributed by atoms with Gasteiger partial charge in [-0.25, -0.2) is 14.3 Å². The van der Waals surface area contributed by atoms with E-state index >= 15 is 0 Å². The lowest BCUT2D eigenvalue weighted by Gasteiger charge is -2.16. The van der Waals surface area contributed by atoms with E-state index in [1.807, 2.05) is 6.07 Å². The van der Waals surface area contributed by atoms with Crippen LogP contribution in [0.25, 0.3) is 11.1 Å². The molecule has 2 aromatic heterocycles. The predicted molar refractivity (Wildman–Crippen MR) is 120 cm³/mol. The average molecular weight is 510 g/mol. The molecule has 0 aliphatic heterocycles. The number of hydrogen-bond acceptors (Lipinski definition) is 6. The summed E-state index contributed by atoms with van der Waals surface area (Å²) in [7, 11) is 1.37. The van der Waals surface area contributed by atoms with Crippen molar-refractivity contribution in [2.75, 3.05) is 0 Å². The maximum Gasteiger partial charge on any atom is 0.420 e. The van der Waals surface area contributed by atoms with Crippen molar-refractivity contribution in [2.24, 2.45) is 7.05 Å². The molecule has 1 N–H and O–H groups in total. The first-order chi connectivity index (χ1) is 17.5. The van der Waals surface area contributed by atoms with Gasteiger partial charge in [0.25, 0.3) is 5.56 Å². The standard InChI is InChI=1S/C24H14F4N6O3/c1-33-20(31-32-23(33)36)12-34-3-2-19(24(26,27)28)21(22(34)35)37-18-7-14(11-30)5-16(9-18)15-4-13(10-29)6-17(25)8-15/h2-9H,12H2,1H3,(H,32,36). The zero-order chi connectivity index (χ0) is 26.9. The van der Waals surface area contributed by atoms with Gasteiger partial charge in [0.15, 0.2) is 5.82 Å². The fourth-order valence-corrected chi connectivity index (χ4v) is 3.50. The van der Waals surface area contributed by atoms with Gasteiger partial charge in [-0.05, 0) is 53.6 Å². The van der Waals surface area contributed by atoms with Crippen molar-refractivity contribution in [3.8, 4) is 34.8 Å². The minimum atomic E-state index is -4.97. The molecule has 0 spiro atoms. The van der Waals surface area contributed by atoms with Crippen LogP contribution in [0.5, 0.6) is 11.5 Å². The van der Waals surface area contributed by atoms with Crippen LogP contribution in [0.3, 0.4) is 0 Å². The first-order valence-electron chi connectivity index (χ1n) is 10.3. The van der Waals surface area contributed by atoms with E-state index in [9.17, 15) is 32.4 Å². The normalized spacial score (nSPS) is 11.1. The van der Waals surface area contributed by atoms with E-state index in [0.29, 0.717) is 6.07 Å². The molecule has 0 bridgehead atoms. The smallest absolute Gasteiger partial charge is 0.420 e. The predicted octanol–water partition coefficient (Wildman–Crippen LogP) is 3.68. The molecule has 0 atom stereocenters. The summed E-state index contributed by atoms with van der Waals surface area (Å²) >= 11 is 0. The molecular weight excluding hydrogens is 496 g/mol. The minimum Gasteiger partial charge on any atom is -0.451 e. The van der Waals surface area contributed by atoms with Crippen LogP contribution in [0.2, 0.25) is 0 Å². The van der Waals surface area contributed by atoms with Gasteiger partial charge < -0.3 is 9.30 Å². The largest absolute Gasteiger partial charge is 0.451 e. The zero-order valence-electron chi connectivity index (χ0n) is 18.8. The number of pyridine rings is 1. The summed E-state index contributed by atoms with van der Waals surface area (Å²) in [6.45, 7) is -0.341. The van der Waals surface area contributed by atoms with E-state index < -0.39 is 34.6 Å². The van der Waals surface area contributed by atoms with Gasteiger partial charge >= 0.3 is 11.9 Å². The van der Waals surface area contributed by atoms with E-state index in [-0.39, 0.29) is 40.4 Å². The number of H-pyrrole nitrogens is 1. The monoisotopic (exact) mass is 510 g/mol. The average Bonchev–Trinajstić information content (AvgIpc) is 3.17. The van der Waals surface area contributed by atoms with Gasteiger partial charge in [0.1, 0.15) is 17.1 Å². The van der Waals surface area contributed by atoms with Gasteiger partial charge in [0.2, 0.25) is 5.75 Å². The molecule has 0 amide bonds. The van der Waals surface area contributed by atoms with Crippen LogP contribution in [0, 0.1) is 28.5 Å². The third-order valence-corrected chi connectivity index (χ3v) is 5.33. The Kier molecular flexibility index (Phi) is 6.38. The van der Waals surface area contributed by atoms with E-state index in [1.54, 1.807) is 6.07 Å². The summed E-state index contributed by atoms with van der Waals surface area (Å²) in [6, 6.07) is 11.3. The fourth-order valence-electron chi connectivity index (χ4n) is 3.50. The third-order valence-electron chi connectivity index (χ3n) is 5.33. The number of nitrogens with one attached hydrogen (secondary N) is 1. The second kappa shape index (κ2) is 9.47. The molecular formula is C24H14F4N6O3. The lowest BCUT2D eigenvalue weighted by molar-refractivity contribution is -0.138. The summed E-state index contributed by atoms with van der Waals surface area (Å²) in [6.07, 6.45) is -4.07. The molecule has 13 heteroatoms. The topological polar surface area (TPSA) is 129 Å². The number of nitrogens with zero attached hydrogens (tertiary/aromatic N) is 5. The molecule has 0 unspecified atom stereocenters. The zero-order valence-corrected chi connectivity index (χ0v) is 18.8. The molecule has 0 aliphatic rings. The van der Waals surface area contributed by atoms with Gasteiger partial charge in [-0.1, -0.05) is 0 Å². The van der Waals surface area contributed by atoms with Crippen LogP contribution in [0.1, 0.15) is 22.5 Å². The van der Waals surface area contributed by atoms with Crippen LogP contribution in [0.15, 0.2) is 58.3 Å². The summed E-state index contributed by atoms with van der Waals surface area (Å²) in [5, 5.41) is 24.4.